The molecule has 2 N–H and O–H groups in total. The molecule has 1 aromatic rings. The summed E-state index contributed by atoms with van der Waals surface area (Å²) in [5.74, 6) is 1.14. The van der Waals surface area contributed by atoms with Crippen molar-refractivity contribution < 1.29 is 10.2 Å². The third-order valence-electron chi connectivity index (χ3n) is 8.46. The van der Waals surface area contributed by atoms with E-state index in [1.807, 2.05) is 0 Å². The molecular weight excluding hydrogens is 300 g/mol. The maximum Gasteiger partial charge on any atom is 0.111 e. The molecule has 1 spiro atoms. The second kappa shape index (κ2) is 4.17. The average molecular weight is 326 g/mol. The Labute approximate surface area is 143 Å². The number of rotatable bonds is 1. The van der Waals surface area contributed by atoms with Crippen molar-refractivity contribution in [1.82, 2.24) is 4.90 Å². The van der Waals surface area contributed by atoms with Crippen LogP contribution in [0.5, 0.6) is 0 Å². The molecule has 0 radical (unpaired) electrons. The van der Waals surface area contributed by atoms with Crippen molar-refractivity contribution in [3.05, 3.63) is 29.8 Å². The third kappa shape index (κ3) is 1.20. The van der Waals surface area contributed by atoms with Gasteiger partial charge in [-0.2, -0.15) is 0 Å². The van der Waals surface area contributed by atoms with Crippen molar-refractivity contribution in [3.63, 3.8) is 0 Å². The van der Waals surface area contributed by atoms with E-state index in [0.717, 1.165) is 19.3 Å². The molecule has 1 aliphatic carbocycles. The summed E-state index contributed by atoms with van der Waals surface area (Å²) >= 11 is 0. The Kier molecular flexibility index (Phi) is 2.45. The number of hydrogen-bond donors (Lipinski definition) is 2. The standard InChI is InChI=1S/C20H26N2O2/c1-3-10-11-8-14-17-20(12-6-4-5-7-13(12)21(17)2)9-15(16(11)18(20)23)22(14)19(10)24/h4-7,10-11,14-19,23-24H,3,8-9H2,1-2H3/t10-,11?,14?,15-,16?,17-,18?,19-,20+/m0/s1. The van der Waals surface area contributed by atoms with E-state index in [4.69, 9.17) is 0 Å². The van der Waals surface area contributed by atoms with Gasteiger partial charge in [-0.3, -0.25) is 4.90 Å². The summed E-state index contributed by atoms with van der Waals surface area (Å²) in [5.41, 5.74) is 2.51. The van der Waals surface area contributed by atoms with Crippen molar-refractivity contribution >= 4 is 5.69 Å². The molecule has 7 rings (SSSR count). The molecule has 10 atom stereocenters. The topological polar surface area (TPSA) is 46.9 Å². The first-order valence-corrected chi connectivity index (χ1v) is 9.57. The molecule has 5 bridgehead atoms. The predicted molar refractivity (Wildman–Crippen MR) is 91.7 cm³/mol. The highest BCUT2D eigenvalue weighted by Gasteiger charge is 2.76. The second-order valence-electron chi connectivity index (χ2n) is 8.81. The van der Waals surface area contributed by atoms with Crippen LogP contribution >= 0.6 is 0 Å². The average Bonchev–Trinajstić information content (AvgIpc) is 2.97. The third-order valence-corrected chi connectivity index (χ3v) is 8.46. The van der Waals surface area contributed by atoms with Gasteiger partial charge in [0.25, 0.3) is 0 Å². The van der Waals surface area contributed by atoms with Gasteiger partial charge in [-0.1, -0.05) is 25.1 Å². The molecular formula is C20H26N2O2. The highest BCUT2D eigenvalue weighted by molar-refractivity contribution is 5.67. The van der Waals surface area contributed by atoms with Crippen LogP contribution in [0.3, 0.4) is 0 Å². The van der Waals surface area contributed by atoms with E-state index in [1.54, 1.807) is 0 Å². The number of piperidine rings is 4. The molecule has 6 aliphatic rings. The quantitative estimate of drug-likeness (QED) is 0.822. The minimum Gasteiger partial charge on any atom is -0.392 e. The SMILES string of the molecule is CC[C@H]1C2CC3[C@@H]4N(C)c5ccccc5[C@]45C[C@@H](C2C5O)N3[C@H]1O. The molecule has 4 nitrogen and oxygen atoms in total. The normalized spacial score (nSPS) is 55.8. The summed E-state index contributed by atoms with van der Waals surface area (Å²) in [7, 11) is 2.19. The number of nitrogens with zero attached hydrogens (tertiary/aromatic N) is 2. The van der Waals surface area contributed by atoms with Gasteiger partial charge in [-0.05, 0) is 36.8 Å². The maximum absolute atomic E-state index is 11.6. The number of benzene rings is 1. The van der Waals surface area contributed by atoms with Crippen LogP contribution in [-0.4, -0.2) is 52.6 Å². The lowest BCUT2D eigenvalue weighted by Crippen LogP contribution is -2.72. The number of aliphatic hydroxyl groups excluding tert-OH is 2. The Morgan fingerprint density at radius 2 is 2.00 bits per heavy atom. The fraction of sp³-hybridized carbons (Fsp3) is 0.700. The molecule has 5 fully saturated rings. The fourth-order valence-corrected chi connectivity index (χ4v) is 7.88. The van der Waals surface area contributed by atoms with Crippen LogP contribution in [0.1, 0.15) is 31.7 Å². The lowest BCUT2D eigenvalue weighted by Gasteiger charge is -2.62. The molecule has 4 heteroatoms. The van der Waals surface area contributed by atoms with Crippen LogP contribution in [0, 0.1) is 17.8 Å². The first-order valence-electron chi connectivity index (χ1n) is 9.57. The van der Waals surface area contributed by atoms with Crippen molar-refractivity contribution in [2.75, 3.05) is 11.9 Å². The number of fused-ring (bicyclic) bond motifs is 2. The van der Waals surface area contributed by atoms with E-state index < -0.39 is 0 Å². The molecule has 0 aromatic heterocycles. The van der Waals surface area contributed by atoms with Crippen molar-refractivity contribution in [2.45, 2.75) is 62.1 Å². The Hall–Kier alpha value is -1.10. The summed E-state index contributed by atoms with van der Waals surface area (Å²) in [6, 6.07) is 9.70. The number of anilines is 1. The van der Waals surface area contributed by atoms with Gasteiger partial charge >= 0.3 is 0 Å². The molecule has 24 heavy (non-hydrogen) atoms. The molecule has 128 valence electrons. The number of aliphatic hydroxyl groups is 2. The molecule has 5 unspecified atom stereocenters. The minimum absolute atomic E-state index is 0.126. The lowest BCUT2D eigenvalue weighted by atomic mass is 9.62. The summed E-state index contributed by atoms with van der Waals surface area (Å²) in [6.07, 6.45) is 2.56. The van der Waals surface area contributed by atoms with E-state index in [0.29, 0.717) is 35.9 Å². The smallest absolute Gasteiger partial charge is 0.111 e. The van der Waals surface area contributed by atoms with Gasteiger partial charge in [0.1, 0.15) is 6.23 Å². The van der Waals surface area contributed by atoms with Gasteiger partial charge in [0, 0.05) is 42.1 Å². The second-order valence-corrected chi connectivity index (χ2v) is 8.81. The molecule has 4 saturated heterocycles. The molecule has 5 heterocycles. The summed E-state index contributed by atoms with van der Waals surface area (Å²) in [5, 5.41) is 22.6. The zero-order chi connectivity index (χ0) is 16.4. The van der Waals surface area contributed by atoms with Crippen LogP contribution in [0.4, 0.5) is 5.69 Å². The van der Waals surface area contributed by atoms with Crippen molar-refractivity contribution in [2.24, 2.45) is 17.8 Å². The van der Waals surface area contributed by atoms with Crippen LogP contribution in [0.25, 0.3) is 0 Å². The first-order chi connectivity index (χ1) is 11.6. The Morgan fingerprint density at radius 1 is 1.21 bits per heavy atom. The first kappa shape index (κ1) is 14.1. The minimum atomic E-state index is -0.319. The Morgan fingerprint density at radius 3 is 2.79 bits per heavy atom. The van der Waals surface area contributed by atoms with E-state index in [1.165, 1.54) is 11.3 Å². The molecule has 1 saturated carbocycles. The molecule has 0 amide bonds. The van der Waals surface area contributed by atoms with Crippen LogP contribution in [0.15, 0.2) is 24.3 Å². The monoisotopic (exact) mass is 326 g/mol. The zero-order valence-electron chi connectivity index (χ0n) is 14.3. The summed E-state index contributed by atoms with van der Waals surface area (Å²) < 4.78 is 0. The van der Waals surface area contributed by atoms with Crippen molar-refractivity contribution in [3.8, 4) is 0 Å². The summed E-state index contributed by atoms with van der Waals surface area (Å²) in [4.78, 5) is 4.83. The fourth-order valence-electron chi connectivity index (χ4n) is 7.88. The van der Waals surface area contributed by atoms with Gasteiger partial charge in [0.2, 0.25) is 0 Å². The number of likely N-dealkylation sites (N-methyl/N-ethyl adjacent to an activating group) is 1. The largest absolute Gasteiger partial charge is 0.392 e. The Bertz CT molecular complexity index is 723. The van der Waals surface area contributed by atoms with E-state index in [9.17, 15) is 10.2 Å². The van der Waals surface area contributed by atoms with Gasteiger partial charge in [0.05, 0.1) is 12.1 Å². The van der Waals surface area contributed by atoms with Gasteiger partial charge < -0.3 is 15.1 Å². The zero-order valence-corrected chi connectivity index (χ0v) is 14.3. The number of hydrogen-bond acceptors (Lipinski definition) is 4. The van der Waals surface area contributed by atoms with Gasteiger partial charge in [-0.15, -0.1) is 0 Å². The van der Waals surface area contributed by atoms with Crippen molar-refractivity contribution in [1.29, 1.82) is 0 Å². The van der Waals surface area contributed by atoms with Crippen LogP contribution in [0.2, 0.25) is 0 Å². The van der Waals surface area contributed by atoms with Gasteiger partial charge in [-0.25, -0.2) is 0 Å². The van der Waals surface area contributed by atoms with Gasteiger partial charge in [0.15, 0.2) is 0 Å². The van der Waals surface area contributed by atoms with E-state index in [-0.39, 0.29) is 17.7 Å². The Balaban J connectivity index is 1.60. The number of para-hydroxylation sites is 1. The van der Waals surface area contributed by atoms with E-state index in [2.05, 4.69) is 48.0 Å². The molecule has 5 aliphatic heterocycles. The molecule has 1 aromatic carbocycles. The predicted octanol–water partition coefficient (Wildman–Crippen LogP) is 1.55. The van der Waals surface area contributed by atoms with Crippen LogP contribution < -0.4 is 4.90 Å². The summed E-state index contributed by atoms with van der Waals surface area (Å²) in [6.45, 7) is 2.19. The highest BCUT2D eigenvalue weighted by atomic mass is 16.3. The lowest BCUT2D eigenvalue weighted by molar-refractivity contribution is -0.211. The van der Waals surface area contributed by atoms with Crippen LogP contribution in [-0.2, 0) is 5.41 Å². The van der Waals surface area contributed by atoms with E-state index >= 15 is 0 Å². The maximum atomic E-state index is 11.6. The highest BCUT2D eigenvalue weighted by Crippen LogP contribution is 2.68.